The molecule has 0 saturated heterocycles. The van der Waals surface area contributed by atoms with Crippen LogP contribution in [0.2, 0.25) is 0 Å². The van der Waals surface area contributed by atoms with Gasteiger partial charge in [-0.3, -0.25) is 0 Å². The van der Waals surface area contributed by atoms with Crippen LogP contribution in [0.3, 0.4) is 0 Å². The molecule has 1 nitrogen and oxygen atoms in total. The minimum Gasteiger partial charge on any atom is -0.303 e. The number of carbonyl (C=O) groups is 1. The first-order valence-corrected chi connectivity index (χ1v) is 4.85. The summed E-state index contributed by atoms with van der Waals surface area (Å²) in [5.74, 6) is 0. The Hall–Kier alpha value is 0.202. The second-order valence-corrected chi connectivity index (χ2v) is 3.08. The molecular formula is C10H23AlO. The van der Waals surface area contributed by atoms with Gasteiger partial charge in [-0.1, -0.05) is 45.4 Å². The van der Waals surface area contributed by atoms with Crippen LogP contribution in [0.15, 0.2) is 0 Å². The molecule has 0 aliphatic heterocycles. The summed E-state index contributed by atoms with van der Waals surface area (Å²) >= 11 is 0. The van der Waals surface area contributed by atoms with E-state index in [9.17, 15) is 4.79 Å². The Balaban J connectivity index is 0. The molecule has 0 rings (SSSR count). The first-order valence-electron chi connectivity index (χ1n) is 4.85. The van der Waals surface area contributed by atoms with Crippen molar-refractivity contribution in [2.24, 2.45) is 0 Å². The fourth-order valence-electron chi connectivity index (χ4n) is 1.18. The van der Waals surface area contributed by atoms with Crippen molar-refractivity contribution >= 4 is 23.6 Å². The highest BCUT2D eigenvalue weighted by molar-refractivity contribution is 5.75. The van der Waals surface area contributed by atoms with E-state index >= 15 is 0 Å². The van der Waals surface area contributed by atoms with Crippen LogP contribution >= 0.6 is 0 Å². The van der Waals surface area contributed by atoms with E-state index in [4.69, 9.17) is 0 Å². The van der Waals surface area contributed by atoms with Crippen LogP contribution in [0, 0.1) is 0 Å². The predicted molar refractivity (Wildman–Crippen MR) is 58.6 cm³/mol. The van der Waals surface area contributed by atoms with Gasteiger partial charge in [0.25, 0.3) is 0 Å². The predicted octanol–water partition coefficient (Wildman–Crippen LogP) is 2.14. The molecule has 0 radical (unpaired) electrons. The van der Waals surface area contributed by atoms with Gasteiger partial charge < -0.3 is 4.79 Å². The Morgan fingerprint density at radius 2 is 1.42 bits per heavy atom. The lowest BCUT2D eigenvalue weighted by molar-refractivity contribution is -0.107. The molecule has 0 N–H and O–H groups in total. The summed E-state index contributed by atoms with van der Waals surface area (Å²) in [6.45, 7) is 2.23. The molecule has 0 unspecified atom stereocenters. The molecule has 0 aromatic carbocycles. The van der Waals surface area contributed by atoms with Crippen molar-refractivity contribution in [1.82, 2.24) is 0 Å². The lowest BCUT2D eigenvalue weighted by Gasteiger charge is -1.97. The quantitative estimate of drug-likeness (QED) is 0.322. The second kappa shape index (κ2) is 13.8. The molecule has 0 fully saturated rings. The van der Waals surface area contributed by atoms with Gasteiger partial charge in [0, 0.05) is 6.42 Å². The third-order valence-corrected chi connectivity index (χ3v) is 1.93. The third kappa shape index (κ3) is 12.8. The van der Waals surface area contributed by atoms with E-state index in [0.29, 0.717) is 0 Å². The van der Waals surface area contributed by atoms with Crippen LogP contribution in [0.25, 0.3) is 0 Å². The maximum absolute atomic E-state index is 9.94. The molecule has 0 aliphatic carbocycles. The highest BCUT2D eigenvalue weighted by atomic mass is 27.0. The minimum atomic E-state index is 0. The summed E-state index contributed by atoms with van der Waals surface area (Å²) in [4.78, 5) is 9.94. The molecule has 0 aliphatic rings. The Labute approximate surface area is 87.1 Å². The largest absolute Gasteiger partial charge is 0.303 e. The maximum atomic E-state index is 9.94. The van der Waals surface area contributed by atoms with Crippen LogP contribution in [0.1, 0.15) is 58.3 Å². The molecule has 0 bridgehead atoms. The van der Waals surface area contributed by atoms with Gasteiger partial charge in [0.15, 0.2) is 17.4 Å². The Bertz CT molecular complexity index is 83.9. The zero-order chi connectivity index (χ0) is 8.36. The Kier molecular flexibility index (Phi) is 16.9. The normalized spacial score (nSPS) is 9.08. The molecule has 12 heavy (non-hydrogen) atoms. The number of aldehydes is 1. The van der Waals surface area contributed by atoms with Crippen molar-refractivity contribution < 1.29 is 4.79 Å². The fourth-order valence-corrected chi connectivity index (χ4v) is 1.18. The summed E-state index contributed by atoms with van der Waals surface area (Å²) in [6, 6.07) is 0. The van der Waals surface area contributed by atoms with Gasteiger partial charge in [-0.05, 0) is 6.42 Å². The molecule has 72 valence electrons. The van der Waals surface area contributed by atoms with Crippen LogP contribution in [-0.4, -0.2) is 23.6 Å². The molecule has 0 aromatic heterocycles. The summed E-state index contributed by atoms with van der Waals surface area (Å²) in [5, 5.41) is 0. The molecule has 2 heteroatoms. The monoisotopic (exact) mass is 186 g/mol. The number of hydrogen-bond donors (Lipinski definition) is 0. The van der Waals surface area contributed by atoms with Gasteiger partial charge in [0.1, 0.15) is 6.29 Å². The molecule has 0 aromatic rings. The van der Waals surface area contributed by atoms with Gasteiger partial charge in [-0.25, -0.2) is 0 Å². The maximum Gasteiger partial charge on any atom is 0.187 e. The smallest absolute Gasteiger partial charge is 0.187 e. The van der Waals surface area contributed by atoms with Crippen molar-refractivity contribution in [2.45, 2.75) is 58.3 Å². The van der Waals surface area contributed by atoms with Crippen molar-refractivity contribution in [3.8, 4) is 0 Å². The number of hydrogen-bond acceptors (Lipinski definition) is 1. The summed E-state index contributed by atoms with van der Waals surface area (Å²) in [6.07, 6.45) is 10.8. The van der Waals surface area contributed by atoms with Crippen molar-refractivity contribution in [1.29, 1.82) is 0 Å². The Morgan fingerprint density at radius 1 is 0.917 bits per heavy atom. The molecule has 0 heterocycles. The van der Waals surface area contributed by atoms with Crippen LogP contribution in [0.5, 0.6) is 0 Å². The minimum absolute atomic E-state index is 0. The van der Waals surface area contributed by atoms with Crippen molar-refractivity contribution in [3.63, 3.8) is 0 Å². The molecule has 0 saturated carbocycles. The van der Waals surface area contributed by atoms with E-state index in [-0.39, 0.29) is 17.4 Å². The van der Waals surface area contributed by atoms with Crippen LogP contribution < -0.4 is 0 Å². The van der Waals surface area contributed by atoms with E-state index in [1.807, 2.05) is 0 Å². The van der Waals surface area contributed by atoms with E-state index < -0.39 is 0 Å². The number of rotatable bonds is 8. The van der Waals surface area contributed by atoms with Gasteiger partial charge >= 0.3 is 0 Å². The average Bonchev–Trinajstić information content (AvgIpc) is 2.03. The first kappa shape index (κ1) is 14.7. The SMILES string of the molecule is CCCCCCCCCC=O.[AlH3]. The van der Waals surface area contributed by atoms with E-state index in [1.54, 1.807) is 0 Å². The van der Waals surface area contributed by atoms with Gasteiger partial charge in [0.05, 0.1) is 0 Å². The van der Waals surface area contributed by atoms with Gasteiger partial charge in [-0.2, -0.15) is 0 Å². The zero-order valence-corrected chi connectivity index (χ0v) is 7.64. The molecule has 0 amide bonds. The first-order chi connectivity index (χ1) is 5.41. The van der Waals surface area contributed by atoms with Crippen LogP contribution in [0.4, 0.5) is 0 Å². The highest BCUT2D eigenvalue weighted by Gasteiger charge is 1.89. The fraction of sp³-hybridized carbons (Fsp3) is 0.900. The molecule has 0 spiro atoms. The lowest BCUT2D eigenvalue weighted by Crippen LogP contribution is -1.80. The van der Waals surface area contributed by atoms with Gasteiger partial charge in [-0.15, -0.1) is 0 Å². The van der Waals surface area contributed by atoms with Gasteiger partial charge in [0.2, 0.25) is 0 Å². The number of carbonyl (C=O) groups excluding carboxylic acids is 1. The van der Waals surface area contributed by atoms with E-state index in [0.717, 1.165) is 19.1 Å². The third-order valence-electron chi connectivity index (χ3n) is 1.93. The summed E-state index contributed by atoms with van der Waals surface area (Å²) in [7, 11) is 0. The number of unbranched alkanes of at least 4 members (excludes halogenated alkanes) is 7. The average molecular weight is 186 g/mol. The van der Waals surface area contributed by atoms with E-state index in [2.05, 4.69) is 6.92 Å². The second-order valence-electron chi connectivity index (χ2n) is 3.08. The molecule has 0 atom stereocenters. The van der Waals surface area contributed by atoms with E-state index in [1.165, 1.54) is 38.5 Å². The van der Waals surface area contributed by atoms with Crippen molar-refractivity contribution in [2.75, 3.05) is 0 Å². The summed E-state index contributed by atoms with van der Waals surface area (Å²) in [5.41, 5.74) is 0. The molecular weight excluding hydrogens is 163 g/mol. The standard InChI is InChI=1S/C10H20O.Al.3H/c1-2-3-4-5-6-7-8-9-10-11;;;;/h10H,2-9H2,1H3;;;;. The lowest BCUT2D eigenvalue weighted by atomic mass is 10.1. The Morgan fingerprint density at radius 3 is 1.92 bits per heavy atom. The van der Waals surface area contributed by atoms with Crippen molar-refractivity contribution in [3.05, 3.63) is 0 Å². The van der Waals surface area contributed by atoms with Crippen LogP contribution in [-0.2, 0) is 4.79 Å². The highest BCUT2D eigenvalue weighted by Crippen LogP contribution is 2.07. The zero-order valence-electron chi connectivity index (χ0n) is 7.64. The topological polar surface area (TPSA) is 17.1 Å². The summed E-state index contributed by atoms with van der Waals surface area (Å²) < 4.78 is 0.